The summed E-state index contributed by atoms with van der Waals surface area (Å²) in [4.78, 5) is 18.4. The number of anilines is 1. The van der Waals surface area contributed by atoms with Crippen molar-refractivity contribution < 1.29 is 9.32 Å². The molecule has 2 rings (SSSR count). The highest BCUT2D eigenvalue weighted by atomic mass is 16.5. The molecule has 2 aromatic rings. The summed E-state index contributed by atoms with van der Waals surface area (Å²) in [5.74, 6) is 1.28. The number of hydrogen-bond acceptors (Lipinski definition) is 5. The van der Waals surface area contributed by atoms with Gasteiger partial charge in [0, 0.05) is 13.1 Å². The van der Waals surface area contributed by atoms with E-state index in [9.17, 15) is 4.79 Å². The van der Waals surface area contributed by atoms with E-state index in [0.29, 0.717) is 29.5 Å². The lowest BCUT2D eigenvalue weighted by atomic mass is 10.2. The van der Waals surface area contributed by atoms with Crippen molar-refractivity contribution in [2.75, 3.05) is 5.32 Å². The van der Waals surface area contributed by atoms with Crippen molar-refractivity contribution >= 4 is 12.2 Å². The van der Waals surface area contributed by atoms with Crippen molar-refractivity contribution in [3.05, 3.63) is 24.2 Å². The van der Waals surface area contributed by atoms with Gasteiger partial charge in [-0.25, -0.2) is 4.98 Å². The van der Waals surface area contributed by atoms with Crippen molar-refractivity contribution in [2.45, 2.75) is 6.92 Å². The molecule has 0 radical (unpaired) electrons. The number of carbonyl (C=O) groups excluding carboxylic acids is 1. The van der Waals surface area contributed by atoms with Gasteiger partial charge in [0.25, 0.3) is 0 Å². The summed E-state index contributed by atoms with van der Waals surface area (Å²) in [5.41, 5.74) is 0.626. The van der Waals surface area contributed by atoms with E-state index in [-0.39, 0.29) is 0 Å². The zero-order valence-electron chi connectivity index (χ0n) is 7.97. The molecule has 0 fully saturated rings. The second-order valence-electron chi connectivity index (χ2n) is 2.80. The molecule has 0 bridgehead atoms. The first kappa shape index (κ1) is 9.32. The highest BCUT2D eigenvalue weighted by Gasteiger charge is 2.10. The summed E-state index contributed by atoms with van der Waals surface area (Å²) in [6, 6.07) is 3.49. The van der Waals surface area contributed by atoms with Crippen molar-refractivity contribution in [1.82, 2.24) is 15.1 Å². The maximum Gasteiger partial charge on any atom is 0.223 e. The number of rotatable bonds is 3. The Balaban J connectivity index is 2.47. The lowest BCUT2D eigenvalue weighted by Gasteiger charge is -2.01. The smallest absolute Gasteiger partial charge is 0.223 e. The first-order valence-electron chi connectivity index (χ1n) is 4.27. The zero-order chi connectivity index (χ0) is 10.7. The molecule has 15 heavy (non-hydrogen) atoms. The number of nitrogens with zero attached hydrogens (tertiary/aromatic N) is 3. The van der Waals surface area contributed by atoms with E-state index in [2.05, 4.69) is 20.4 Å². The van der Waals surface area contributed by atoms with Crippen LogP contribution in [0.25, 0.3) is 11.4 Å². The molecule has 1 N–H and O–H groups in total. The maximum absolute atomic E-state index is 10.3. The highest BCUT2D eigenvalue weighted by Crippen LogP contribution is 2.22. The fourth-order valence-electron chi connectivity index (χ4n) is 1.17. The molecular formula is C9H8N4O2. The van der Waals surface area contributed by atoms with E-state index < -0.39 is 0 Å². The Hall–Kier alpha value is -2.24. The summed E-state index contributed by atoms with van der Waals surface area (Å²) in [6.07, 6.45) is 2.13. The van der Waals surface area contributed by atoms with E-state index in [4.69, 9.17) is 4.52 Å². The molecule has 6 nitrogen and oxygen atoms in total. The van der Waals surface area contributed by atoms with Crippen LogP contribution in [0.3, 0.4) is 0 Å². The lowest BCUT2D eigenvalue weighted by Crippen LogP contribution is -1.99. The predicted molar refractivity (Wildman–Crippen MR) is 52.0 cm³/mol. The molecule has 0 aliphatic rings. The average Bonchev–Trinajstić information content (AvgIpc) is 2.66. The third-order valence-electron chi connectivity index (χ3n) is 1.77. The number of aryl methyl sites for hydroxylation is 1. The number of aromatic nitrogens is 3. The summed E-state index contributed by atoms with van der Waals surface area (Å²) in [6.45, 7) is 1.69. The Kier molecular flexibility index (Phi) is 2.40. The Morgan fingerprint density at radius 1 is 1.53 bits per heavy atom. The van der Waals surface area contributed by atoms with Crippen LogP contribution < -0.4 is 5.32 Å². The van der Waals surface area contributed by atoms with Crippen LogP contribution >= 0.6 is 0 Å². The van der Waals surface area contributed by atoms with Crippen molar-refractivity contribution in [3.63, 3.8) is 0 Å². The van der Waals surface area contributed by atoms with Crippen LogP contribution in [0.4, 0.5) is 5.82 Å². The van der Waals surface area contributed by atoms with Crippen molar-refractivity contribution in [1.29, 1.82) is 0 Å². The van der Waals surface area contributed by atoms with Crippen LogP contribution in [0.2, 0.25) is 0 Å². The van der Waals surface area contributed by atoms with E-state index in [1.807, 2.05) is 0 Å². The number of pyridine rings is 1. The number of hydrogen-bond donors (Lipinski definition) is 1. The SMILES string of the molecule is Cc1nc(-c2cccnc2NC=O)no1. The second kappa shape index (κ2) is 3.87. The summed E-state index contributed by atoms with van der Waals surface area (Å²) >= 11 is 0. The molecule has 76 valence electrons. The van der Waals surface area contributed by atoms with Gasteiger partial charge in [-0.3, -0.25) is 4.79 Å². The van der Waals surface area contributed by atoms with Gasteiger partial charge in [-0.1, -0.05) is 5.16 Å². The Bertz CT molecular complexity index is 480. The summed E-state index contributed by atoms with van der Waals surface area (Å²) < 4.78 is 4.85. The van der Waals surface area contributed by atoms with E-state index >= 15 is 0 Å². The van der Waals surface area contributed by atoms with Gasteiger partial charge in [0.05, 0.1) is 5.56 Å². The molecule has 1 amide bonds. The van der Waals surface area contributed by atoms with Crippen LogP contribution in [0.1, 0.15) is 5.89 Å². The minimum absolute atomic E-state index is 0.407. The van der Waals surface area contributed by atoms with Gasteiger partial charge < -0.3 is 9.84 Å². The van der Waals surface area contributed by atoms with Crippen molar-refractivity contribution in [3.8, 4) is 11.4 Å². The van der Waals surface area contributed by atoms with Gasteiger partial charge in [0.1, 0.15) is 5.82 Å². The fourth-order valence-corrected chi connectivity index (χ4v) is 1.17. The molecule has 0 saturated carbocycles. The Morgan fingerprint density at radius 3 is 3.07 bits per heavy atom. The lowest BCUT2D eigenvalue weighted by molar-refractivity contribution is -0.105. The first-order chi connectivity index (χ1) is 7.31. The molecule has 2 aromatic heterocycles. The minimum atomic E-state index is 0.407. The number of nitrogens with one attached hydrogen (secondary N) is 1. The van der Waals surface area contributed by atoms with Gasteiger partial charge in [-0.15, -0.1) is 0 Å². The van der Waals surface area contributed by atoms with Gasteiger partial charge >= 0.3 is 0 Å². The van der Waals surface area contributed by atoms with Gasteiger partial charge in [-0.05, 0) is 12.1 Å². The molecule has 0 unspecified atom stereocenters. The molecule has 0 saturated heterocycles. The van der Waals surface area contributed by atoms with E-state index in [1.54, 1.807) is 25.3 Å². The fraction of sp³-hybridized carbons (Fsp3) is 0.111. The summed E-state index contributed by atoms with van der Waals surface area (Å²) in [7, 11) is 0. The van der Waals surface area contributed by atoms with E-state index in [1.165, 1.54) is 0 Å². The Morgan fingerprint density at radius 2 is 2.40 bits per heavy atom. The van der Waals surface area contributed by atoms with Gasteiger partial charge in [0.2, 0.25) is 18.1 Å². The third-order valence-corrected chi connectivity index (χ3v) is 1.77. The average molecular weight is 204 g/mol. The molecule has 0 spiro atoms. The second-order valence-corrected chi connectivity index (χ2v) is 2.80. The molecule has 0 atom stereocenters. The minimum Gasteiger partial charge on any atom is -0.339 e. The third kappa shape index (κ3) is 1.83. The normalized spacial score (nSPS) is 9.93. The van der Waals surface area contributed by atoms with Crippen molar-refractivity contribution in [2.24, 2.45) is 0 Å². The van der Waals surface area contributed by atoms with Crippen LogP contribution in [0, 0.1) is 6.92 Å². The standard InChI is InChI=1S/C9H8N4O2/c1-6-12-9(13-15-6)7-3-2-4-10-8(7)11-5-14/h2-5H,1H3,(H,10,11,14). The Labute approximate surface area is 85.3 Å². The van der Waals surface area contributed by atoms with Crippen LogP contribution in [0.15, 0.2) is 22.9 Å². The van der Waals surface area contributed by atoms with Crippen LogP contribution in [-0.2, 0) is 4.79 Å². The number of carbonyl (C=O) groups is 1. The van der Waals surface area contributed by atoms with Gasteiger partial charge in [-0.2, -0.15) is 4.98 Å². The number of amides is 1. The molecule has 2 heterocycles. The molecule has 0 aromatic carbocycles. The first-order valence-corrected chi connectivity index (χ1v) is 4.27. The molecule has 6 heteroatoms. The van der Waals surface area contributed by atoms with Gasteiger partial charge in [0.15, 0.2) is 0 Å². The topological polar surface area (TPSA) is 80.9 Å². The largest absolute Gasteiger partial charge is 0.339 e. The quantitative estimate of drug-likeness (QED) is 0.754. The summed E-state index contributed by atoms with van der Waals surface area (Å²) in [5, 5.41) is 6.22. The zero-order valence-corrected chi connectivity index (χ0v) is 7.97. The highest BCUT2D eigenvalue weighted by molar-refractivity contribution is 5.79. The van der Waals surface area contributed by atoms with Crippen LogP contribution in [-0.4, -0.2) is 21.5 Å². The molecule has 0 aliphatic carbocycles. The predicted octanol–water partition coefficient (Wildman–Crippen LogP) is 1.01. The van der Waals surface area contributed by atoms with Crippen LogP contribution in [0.5, 0.6) is 0 Å². The van der Waals surface area contributed by atoms with E-state index in [0.717, 1.165) is 0 Å². The monoisotopic (exact) mass is 204 g/mol. The molecule has 0 aliphatic heterocycles. The molecular weight excluding hydrogens is 196 g/mol. The maximum atomic E-state index is 10.3.